The molecule has 2 aromatic heterocycles. The molecule has 0 atom stereocenters. The van der Waals surface area contributed by atoms with Gasteiger partial charge in [0.05, 0.1) is 12.5 Å². The van der Waals surface area contributed by atoms with Crippen molar-refractivity contribution in [1.29, 1.82) is 0 Å². The maximum Gasteiger partial charge on any atom is 0.248 e. The summed E-state index contributed by atoms with van der Waals surface area (Å²) < 4.78 is 30.3. The van der Waals surface area contributed by atoms with E-state index in [1.54, 1.807) is 6.07 Å². The van der Waals surface area contributed by atoms with Crippen molar-refractivity contribution < 1.29 is 12.8 Å². The first-order valence-corrected chi connectivity index (χ1v) is 6.60. The second-order valence-corrected chi connectivity index (χ2v) is 5.78. The van der Waals surface area contributed by atoms with Gasteiger partial charge in [-0.15, -0.1) is 0 Å². The Labute approximate surface area is 104 Å². The van der Waals surface area contributed by atoms with Crippen molar-refractivity contribution in [3.63, 3.8) is 0 Å². The topological polar surface area (TPSA) is 83.4 Å². The highest BCUT2D eigenvalue weighted by Crippen LogP contribution is 2.12. The van der Waals surface area contributed by atoms with E-state index in [9.17, 15) is 13.2 Å². The van der Waals surface area contributed by atoms with Gasteiger partial charge >= 0.3 is 0 Å². The van der Waals surface area contributed by atoms with Crippen LogP contribution in [0.15, 0.2) is 51.2 Å². The van der Waals surface area contributed by atoms with E-state index in [1.807, 2.05) is 0 Å². The molecule has 0 saturated heterocycles. The monoisotopic (exact) mass is 268 g/mol. The zero-order valence-electron chi connectivity index (χ0n) is 9.66. The van der Waals surface area contributed by atoms with Crippen molar-refractivity contribution in [2.45, 2.75) is 11.4 Å². The number of hydrogen-bond donors (Lipinski definition) is 1. The first-order chi connectivity index (χ1) is 8.51. The number of aromatic amines is 1. The lowest BCUT2D eigenvalue weighted by atomic mass is 10.3. The maximum absolute atomic E-state index is 12.2. The van der Waals surface area contributed by atoms with Crippen LogP contribution < -0.4 is 5.43 Å². The van der Waals surface area contributed by atoms with Crippen molar-refractivity contribution >= 4 is 10.0 Å². The van der Waals surface area contributed by atoms with Gasteiger partial charge in [0, 0.05) is 37.6 Å². The van der Waals surface area contributed by atoms with Crippen molar-refractivity contribution in [3.8, 4) is 0 Å². The Balaban J connectivity index is 2.32. The van der Waals surface area contributed by atoms with Gasteiger partial charge in [-0.05, 0) is 6.07 Å². The molecule has 0 aliphatic heterocycles. The van der Waals surface area contributed by atoms with Crippen molar-refractivity contribution in [2.75, 3.05) is 7.05 Å². The molecule has 0 amide bonds. The Hall–Kier alpha value is -1.86. The smallest absolute Gasteiger partial charge is 0.248 e. The van der Waals surface area contributed by atoms with Crippen LogP contribution in [0, 0.1) is 0 Å². The molecular weight excluding hydrogens is 256 g/mol. The summed E-state index contributed by atoms with van der Waals surface area (Å²) in [5, 5.41) is 0. The number of sulfonamides is 1. The van der Waals surface area contributed by atoms with E-state index in [2.05, 4.69) is 4.98 Å². The number of hydrogen-bond acceptors (Lipinski definition) is 4. The second-order valence-electron chi connectivity index (χ2n) is 3.77. The number of nitrogens with one attached hydrogen (secondary N) is 1. The Bertz CT molecular complexity index is 673. The molecular formula is C11H12N2O4S. The molecule has 6 nitrogen and oxygen atoms in total. The van der Waals surface area contributed by atoms with Crippen molar-refractivity contribution in [1.82, 2.24) is 9.29 Å². The Morgan fingerprint density at radius 3 is 2.78 bits per heavy atom. The third-order valence-electron chi connectivity index (χ3n) is 2.46. The largest absolute Gasteiger partial charge is 0.472 e. The van der Waals surface area contributed by atoms with Crippen LogP contribution >= 0.6 is 0 Å². The molecule has 2 aromatic rings. The Kier molecular flexibility index (Phi) is 3.35. The molecule has 0 saturated carbocycles. The Morgan fingerprint density at radius 1 is 1.39 bits per heavy atom. The van der Waals surface area contributed by atoms with Crippen LogP contribution in [0.5, 0.6) is 0 Å². The molecule has 2 rings (SSSR count). The van der Waals surface area contributed by atoms with Crippen LogP contribution in [0.25, 0.3) is 0 Å². The number of rotatable bonds is 4. The quantitative estimate of drug-likeness (QED) is 0.888. The van der Waals surface area contributed by atoms with Crippen LogP contribution in [0.3, 0.4) is 0 Å². The Morgan fingerprint density at radius 2 is 2.17 bits per heavy atom. The fourth-order valence-electron chi connectivity index (χ4n) is 1.50. The summed E-state index contributed by atoms with van der Waals surface area (Å²) in [4.78, 5) is 13.9. The van der Waals surface area contributed by atoms with E-state index in [4.69, 9.17) is 4.42 Å². The van der Waals surface area contributed by atoms with Crippen LogP contribution in [0.1, 0.15) is 5.56 Å². The average Bonchev–Trinajstić information content (AvgIpc) is 2.82. The van der Waals surface area contributed by atoms with Crippen LogP contribution in [-0.4, -0.2) is 24.8 Å². The van der Waals surface area contributed by atoms with E-state index in [-0.39, 0.29) is 11.4 Å². The van der Waals surface area contributed by atoms with E-state index in [1.165, 1.54) is 38.0 Å². The van der Waals surface area contributed by atoms with Crippen LogP contribution in [-0.2, 0) is 16.6 Å². The van der Waals surface area contributed by atoms with Gasteiger partial charge in [-0.25, -0.2) is 8.42 Å². The lowest BCUT2D eigenvalue weighted by Gasteiger charge is -2.15. The minimum absolute atomic E-state index is 0.146. The molecule has 96 valence electrons. The zero-order valence-corrected chi connectivity index (χ0v) is 10.5. The predicted octanol–water partition coefficient (Wildman–Crippen LogP) is 0.789. The van der Waals surface area contributed by atoms with E-state index in [0.29, 0.717) is 5.56 Å². The second kappa shape index (κ2) is 4.79. The highest BCUT2D eigenvalue weighted by atomic mass is 32.2. The molecule has 0 unspecified atom stereocenters. The van der Waals surface area contributed by atoms with Crippen molar-refractivity contribution in [3.05, 3.63) is 52.8 Å². The number of pyridine rings is 1. The van der Waals surface area contributed by atoms with E-state index < -0.39 is 15.5 Å². The summed E-state index contributed by atoms with van der Waals surface area (Å²) in [6.07, 6.45) is 5.49. The van der Waals surface area contributed by atoms with E-state index in [0.717, 1.165) is 4.31 Å². The molecule has 0 fully saturated rings. The summed E-state index contributed by atoms with van der Waals surface area (Å²) in [6.45, 7) is 0.146. The molecule has 0 bridgehead atoms. The number of H-pyrrole nitrogens is 1. The van der Waals surface area contributed by atoms with Crippen LogP contribution in [0.4, 0.5) is 0 Å². The molecule has 0 aromatic carbocycles. The lowest BCUT2D eigenvalue weighted by molar-refractivity contribution is 0.462. The number of furan rings is 1. The maximum atomic E-state index is 12.2. The van der Waals surface area contributed by atoms with Gasteiger partial charge in [0.15, 0.2) is 0 Å². The zero-order chi connectivity index (χ0) is 13.2. The molecule has 18 heavy (non-hydrogen) atoms. The minimum Gasteiger partial charge on any atom is -0.472 e. The first kappa shape index (κ1) is 12.6. The fourth-order valence-corrected chi connectivity index (χ4v) is 2.69. The fraction of sp³-hybridized carbons (Fsp3) is 0.182. The molecule has 7 heteroatoms. The SMILES string of the molecule is CN(Cc1ccoc1)S(=O)(=O)c1c[nH]ccc1=O. The lowest BCUT2D eigenvalue weighted by Crippen LogP contribution is -2.30. The van der Waals surface area contributed by atoms with Gasteiger partial charge in [0.1, 0.15) is 4.90 Å². The van der Waals surface area contributed by atoms with Gasteiger partial charge < -0.3 is 9.40 Å². The van der Waals surface area contributed by atoms with Gasteiger partial charge in [0.25, 0.3) is 0 Å². The summed E-state index contributed by atoms with van der Waals surface area (Å²) in [5.74, 6) is 0. The normalized spacial score (nSPS) is 11.9. The molecule has 0 radical (unpaired) electrons. The highest BCUT2D eigenvalue weighted by molar-refractivity contribution is 7.89. The highest BCUT2D eigenvalue weighted by Gasteiger charge is 2.23. The third kappa shape index (κ3) is 2.36. The standard InChI is InChI=1S/C11H12N2O4S/c1-13(7-9-3-5-17-8-9)18(15,16)11-6-12-4-2-10(11)14/h2-6,8H,7H2,1H3,(H,12,14). The third-order valence-corrected chi connectivity index (χ3v) is 4.29. The van der Waals surface area contributed by atoms with Gasteiger partial charge in [-0.1, -0.05) is 0 Å². The first-order valence-electron chi connectivity index (χ1n) is 5.16. The van der Waals surface area contributed by atoms with Crippen molar-refractivity contribution in [2.24, 2.45) is 0 Å². The summed E-state index contributed by atoms with van der Waals surface area (Å²) in [5.41, 5.74) is 0.182. The molecule has 0 spiro atoms. The molecule has 0 aliphatic rings. The van der Waals surface area contributed by atoms with Gasteiger partial charge in [-0.2, -0.15) is 4.31 Å². The predicted molar refractivity (Wildman–Crippen MR) is 64.4 cm³/mol. The molecule has 0 aliphatic carbocycles. The summed E-state index contributed by atoms with van der Waals surface area (Å²) in [6, 6.07) is 2.85. The van der Waals surface area contributed by atoms with Gasteiger partial charge in [-0.3, -0.25) is 4.79 Å². The number of nitrogens with zero attached hydrogens (tertiary/aromatic N) is 1. The molecule has 2 heterocycles. The van der Waals surface area contributed by atoms with Gasteiger partial charge in [0.2, 0.25) is 15.5 Å². The number of aromatic nitrogens is 1. The molecule has 1 N–H and O–H groups in total. The van der Waals surface area contributed by atoms with Crippen LogP contribution in [0.2, 0.25) is 0 Å². The van der Waals surface area contributed by atoms with E-state index >= 15 is 0 Å². The summed E-state index contributed by atoms with van der Waals surface area (Å²) >= 11 is 0. The summed E-state index contributed by atoms with van der Waals surface area (Å²) in [7, 11) is -2.39. The average molecular weight is 268 g/mol. The minimum atomic E-state index is -3.80.